The third-order valence-electron chi connectivity index (χ3n) is 5.49. The van der Waals surface area contributed by atoms with Gasteiger partial charge in [0.05, 0.1) is 36.7 Å². The van der Waals surface area contributed by atoms with E-state index in [1.54, 1.807) is 35.3 Å². The van der Waals surface area contributed by atoms with Crippen LogP contribution in [0.1, 0.15) is 44.1 Å². The number of amides is 2. The molecular weight excluding hydrogens is 347 g/mol. The van der Waals surface area contributed by atoms with Gasteiger partial charge in [-0.25, -0.2) is 9.18 Å². The van der Waals surface area contributed by atoms with Crippen molar-refractivity contribution in [2.45, 2.75) is 56.7 Å². The number of carbonyl (C=O) groups excluding carboxylic acids is 1. The zero-order valence-electron chi connectivity index (χ0n) is 15.3. The normalized spacial score (nSPS) is 21.3. The minimum absolute atomic E-state index is 0.0269. The highest BCUT2D eigenvalue weighted by Crippen LogP contribution is 2.39. The molecular formula is C20H25FN4O2. The number of aromatic nitrogens is 2. The molecule has 2 aliphatic rings. The predicted octanol–water partition coefficient (Wildman–Crippen LogP) is 3.68. The van der Waals surface area contributed by atoms with E-state index in [1.165, 1.54) is 25.3 Å². The van der Waals surface area contributed by atoms with E-state index in [1.807, 2.05) is 0 Å². The van der Waals surface area contributed by atoms with E-state index in [0.717, 1.165) is 19.3 Å². The summed E-state index contributed by atoms with van der Waals surface area (Å²) >= 11 is 0. The van der Waals surface area contributed by atoms with E-state index in [9.17, 15) is 9.18 Å². The number of rotatable bonds is 4. The molecule has 2 N–H and O–H groups in total. The van der Waals surface area contributed by atoms with Crippen LogP contribution in [0.15, 0.2) is 36.7 Å². The van der Waals surface area contributed by atoms with Crippen molar-refractivity contribution in [3.8, 4) is 0 Å². The highest BCUT2D eigenvalue weighted by atomic mass is 19.1. The lowest BCUT2D eigenvalue weighted by Crippen LogP contribution is -2.39. The Bertz CT molecular complexity index is 801. The average Bonchev–Trinajstić information content (AvgIpc) is 3.25. The van der Waals surface area contributed by atoms with Crippen molar-refractivity contribution in [2.24, 2.45) is 0 Å². The molecule has 2 heterocycles. The Morgan fingerprint density at radius 3 is 2.93 bits per heavy atom. The number of hydrogen-bond donors (Lipinski definition) is 2. The van der Waals surface area contributed by atoms with Crippen LogP contribution in [0.5, 0.6) is 0 Å². The summed E-state index contributed by atoms with van der Waals surface area (Å²) in [5, 5.41) is 9.98. The van der Waals surface area contributed by atoms with Gasteiger partial charge in [-0.2, -0.15) is 5.10 Å². The Morgan fingerprint density at radius 1 is 1.30 bits per heavy atom. The summed E-state index contributed by atoms with van der Waals surface area (Å²) in [6.07, 6.45) is 10.0. The minimum atomic E-state index is -0.266. The van der Waals surface area contributed by atoms with Crippen LogP contribution in [-0.2, 0) is 11.3 Å². The van der Waals surface area contributed by atoms with Gasteiger partial charge >= 0.3 is 6.03 Å². The molecule has 1 unspecified atom stereocenters. The van der Waals surface area contributed by atoms with Gasteiger partial charge in [-0.15, -0.1) is 0 Å². The number of halogens is 1. The number of carbonyl (C=O) groups is 1. The van der Waals surface area contributed by atoms with Gasteiger partial charge in [0.1, 0.15) is 5.82 Å². The number of anilines is 1. The molecule has 4 rings (SSSR count). The molecule has 1 saturated carbocycles. The lowest BCUT2D eigenvalue weighted by molar-refractivity contribution is -0.0245. The van der Waals surface area contributed by atoms with E-state index in [-0.39, 0.29) is 23.5 Å². The quantitative estimate of drug-likeness (QED) is 0.860. The van der Waals surface area contributed by atoms with Crippen molar-refractivity contribution >= 4 is 11.7 Å². The Hall–Kier alpha value is -2.41. The summed E-state index contributed by atoms with van der Waals surface area (Å²) in [5.74, 6) is -0.266. The van der Waals surface area contributed by atoms with Crippen LogP contribution in [0.25, 0.3) is 0 Å². The van der Waals surface area contributed by atoms with Crippen LogP contribution in [-0.4, -0.2) is 34.1 Å². The molecule has 7 heteroatoms. The van der Waals surface area contributed by atoms with Crippen LogP contribution in [0.4, 0.5) is 14.9 Å². The number of ether oxygens (including phenoxy) is 1. The molecule has 144 valence electrons. The molecule has 1 aliphatic heterocycles. The van der Waals surface area contributed by atoms with Gasteiger partial charge in [-0.3, -0.25) is 4.68 Å². The molecule has 1 spiro atoms. The van der Waals surface area contributed by atoms with E-state index in [4.69, 9.17) is 4.74 Å². The summed E-state index contributed by atoms with van der Waals surface area (Å²) in [6, 6.07) is 6.37. The number of nitrogens with zero attached hydrogens (tertiary/aromatic N) is 2. The molecule has 2 amide bonds. The number of benzene rings is 1. The van der Waals surface area contributed by atoms with E-state index < -0.39 is 0 Å². The zero-order chi connectivity index (χ0) is 18.7. The summed E-state index contributed by atoms with van der Waals surface area (Å²) in [5.41, 5.74) is 1.11. The first-order valence-corrected chi connectivity index (χ1v) is 9.59. The lowest BCUT2D eigenvalue weighted by atomic mass is 9.82. The van der Waals surface area contributed by atoms with Crippen LogP contribution in [0, 0.1) is 5.82 Å². The molecule has 1 aliphatic carbocycles. The first-order valence-electron chi connectivity index (χ1n) is 9.59. The van der Waals surface area contributed by atoms with Gasteiger partial charge in [0.25, 0.3) is 0 Å². The van der Waals surface area contributed by atoms with Crippen LogP contribution in [0.3, 0.4) is 0 Å². The second-order valence-corrected chi connectivity index (χ2v) is 7.57. The first kappa shape index (κ1) is 18.0. The van der Waals surface area contributed by atoms with Gasteiger partial charge in [0.2, 0.25) is 0 Å². The summed E-state index contributed by atoms with van der Waals surface area (Å²) < 4.78 is 21.4. The second-order valence-electron chi connectivity index (χ2n) is 7.57. The maximum Gasteiger partial charge on any atom is 0.319 e. The molecule has 1 aromatic heterocycles. The molecule has 2 fully saturated rings. The van der Waals surface area contributed by atoms with Gasteiger partial charge in [0, 0.05) is 11.8 Å². The van der Waals surface area contributed by atoms with Crippen molar-refractivity contribution in [3.63, 3.8) is 0 Å². The smallest absolute Gasteiger partial charge is 0.319 e. The van der Waals surface area contributed by atoms with Crippen molar-refractivity contribution in [1.82, 2.24) is 15.1 Å². The van der Waals surface area contributed by atoms with Gasteiger partial charge < -0.3 is 15.4 Å². The Balaban J connectivity index is 1.29. The molecule has 1 saturated heterocycles. The van der Waals surface area contributed by atoms with Gasteiger partial charge in [0.15, 0.2) is 0 Å². The minimum Gasteiger partial charge on any atom is -0.373 e. The lowest BCUT2D eigenvalue weighted by Gasteiger charge is -2.32. The van der Waals surface area contributed by atoms with E-state index in [0.29, 0.717) is 24.4 Å². The largest absolute Gasteiger partial charge is 0.373 e. The highest BCUT2D eigenvalue weighted by Gasteiger charge is 2.41. The number of hydrogen-bond acceptors (Lipinski definition) is 3. The second kappa shape index (κ2) is 7.68. The van der Waals surface area contributed by atoms with E-state index >= 15 is 0 Å². The fourth-order valence-corrected chi connectivity index (χ4v) is 4.15. The Kier molecular flexibility index (Phi) is 5.11. The third kappa shape index (κ3) is 4.30. The predicted molar refractivity (Wildman–Crippen MR) is 100 cm³/mol. The molecule has 1 aromatic carbocycles. The number of urea groups is 1. The maximum atomic E-state index is 13.7. The summed E-state index contributed by atoms with van der Waals surface area (Å²) in [7, 11) is 0. The highest BCUT2D eigenvalue weighted by molar-refractivity contribution is 5.89. The first-order chi connectivity index (χ1) is 13.1. The fourth-order valence-electron chi connectivity index (χ4n) is 4.15. The molecule has 0 radical (unpaired) electrons. The standard InChI is InChI=1S/C20H25FN4O2/c21-18-7-3-2-6-15(18)12-25-13-17(11-22-25)24-19(26)23-16-10-20(27-14-16)8-4-1-5-9-20/h2-3,6-7,11,13,16H,1,4-5,8-10,12,14H2,(H2,23,24,26). The van der Waals surface area contributed by atoms with Gasteiger partial charge in [-0.1, -0.05) is 37.5 Å². The average molecular weight is 372 g/mol. The molecule has 6 nitrogen and oxygen atoms in total. The summed E-state index contributed by atoms with van der Waals surface area (Å²) in [6.45, 7) is 0.884. The number of nitrogens with one attached hydrogen (secondary N) is 2. The van der Waals surface area contributed by atoms with Crippen molar-refractivity contribution in [2.75, 3.05) is 11.9 Å². The fraction of sp³-hybridized carbons (Fsp3) is 0.500. The van der Waals surface area contributed by atoms with Crippen molar-refractivity contribution in [1.29, 1.82) is 0 Å². The molecule has 0 bridgehead atoms. The Morgan fingerprint density at radius 2 is 2.11 bits per heavy atom. The topological polar surface area (TPSA) is 68.2 Å². The summed E-state index contributed by atoms with van der Waals surface area (Å²) in [4.78, 5) is 12.3. The SMILES string of the molecule is O=C(Nc1cnn(Cc2ccccc2F)c1)NC1COC2(CCCCC2)C1. The monoisotopic (exact) mass is 372 g/mol. The van der Waals surface area contributed by atoms with Crippen LogP contribution in [0.2, 0.25) is 0 Å². The third-order valence-corrected chi connectivity index (χ3v) is 5.49. The van der Waals surface area contributed by atoms with Crippen LogP contribution < -0.4 is 10.6 Å². The molecule has 1 atom stereocenters. The van der Waals surface area contributed by atoms with Crippen LogP contribution >= 0.6 is 0 Å². The van der Waals surface area contributed by atoms with E-state index in [2.05, 4.69) is 15.7 Å². The van der Waals surface area contributed by atoms with Crippen molar-refractivity contribution < 1.29 is 13.9 Å². The van der Waals surface area contributed by atoms with Crippen molar-refractivity contribution in [3.05, 3.63) is 48.0 Å². The molecule has 2 aromatic rings. The zero-order valence-corrected chi connectivity index (χ0v) is 15.3. The Labute approximate surface area is 158 Å². The maximum absolute atomic E-state index is 13.7. The van der Waals surface area contributed by atoms with Gasteiger partial charge in [-0.05, 0) is 25.3 Å². The molecule has 27 heavy (non-hydrogen) atoms.